The molecule has 30 heavy (non-hydrogen) atoms. The summed E-state index contributed by atoms with van der Waals surface area (Å²) in [5, 5.41) is 0. The van der Waals surface area contributed by atoms with Gasteiger partial charge in [0.2, 0.25) is 0 Å². The predicted octanol–water partition coefficient (Wildman–Crippen LogP) is 3.00. The Morgan fingerprint density at radius 1 is 0.767 bits per heavy atom. The van der Waals surface area contributed by atoms with Crippen molar-refractivity contribution in [3.8, 4) is 0 Å². The van der Waals surface area contributed by atoms with Crippen molar-refractivity contribution in [2.75, 3.05) is 49.9 Å². The minimum Gasteiger partial charge on any atom is -0.399 e. The second-order valence-electron chi connectivity index (χ2n) is 7.89. The standard InChI is InChI=1S/C23H27FN4O2/c24-20-7-3-2-6-18(20)22(29)28-14-12-26(13-15-28)21-9-8-17(25)16-19(21)23(30)27-10-4-1-5-11-27/h2-3,6-9,16H,1,4-5,10-15,25H2. The molecule has 2 aliphatic rings. The molecule has 2 heterocycles. The summed E-state index contributed by atoms with van der Waals surface area (Å²) in [7, 11) is 0. The molecule has 0 saturated carbocycles. The van der Waals surface area contributed by atoms with E-state index in [2.05, 4.69) is 4.90 Å². The van der Waals surface area contributed by atoms with E-state index in [-0.39, 0.29) is 17.4 Å². The average molecular weight is 410 g/mol. The molecular formula is C23H27FN4O2. The highest BCUT2D eigenvalue weighted by Gasteiger charge is 2.27. The maximum Gasteiger partial charge on any atom is 0.256 e. The fraction of sp³-hybridized carbons (Fsp3) is 0.391. The van der Waals surface area contributed by atoms with Gasteiger partial charge in [-0.1, -0.05) is 12.1 Å². The zero-order chi connectivity index (χ0) is 21.1. The predicted molar refractivity (Wildman–Crippen MR) is 115 cm³/mol. The first-order chi connectivity index (χ1) is 14.5. The highest BCUT2D eigenvalue weighted by molar-refractivity contribution is 6.01. The van der Waals surface area contributed by atoms with Gasteiger partial charge in [0.1, 0.15) is 5.82 Å². The Morgan fingerprint density at radius 2 is 1.40 bits per heavy atom. The van der Waals surface area contributed by atoms with Gasteiger partial charge in [-0.05, 0) is 49.6 Å². The quantitative estimate of drug-likeness (QED) is 0.790. The molecule has 0 bridgehead atoms. The third-order valence-electron chi connectivity index (χ3n) is 5.91. The molecule has 158 valence electrons. The molecule has 2 saturated heterocycles. The van der Waals surface area contributed by atoms with Crippen LogP contribution in [0.1, 0.15) is 40.0 Å². The van der Waals surface area contributed by atoms with Crippen molar-refractivity contribution >= 4 is 23.2 Å². The zero-order valence-electron chi connectivity index (χ0n) is 17.0. The number of hydrogen-bond acceptors (Lipinski definition) is 4. The first kappa shape index (κ1) is 20.2. The van der Waals surface area contributed by atoms with Crippen molar-refractivity contribution in [1.82, 2.24) is 9.80 Å². The third kappa shape index (κ3) is 4.10. The van der Waals surface area contributed by atoms with Crippen LogP contribution in [0, 0.1) is 5.82 Å². The molecule has 0 spiro atoms. The Hall–Kier alpha value is -3.09. The summed E-state index contributed by atoms with van der Waals surface area (Å²) in [6.07, 6.45) is 3.21. The van der Waals surface area contributed by atoms with E-state index >= 15 is 0 Å². The Labute approximate surface area is 176 Å². The molecule has 0 radical (unpaired) electrons. The molecule has 2 amide bonds. The Kier molecular flexibility index (Phi) is 5.88. The number of benzene rings is 2. The number of carbonyl (C=O) groups excluding carboxylic acids is 2. The van der Waals surface area contributed by atoms with Gasteiger partial charge in [0.25, 0.3) is 11.8 Å². The van der Waals surface area contributed by atoms with Crippen LogP contribution >= 0.6 is 0 Å². The van der Waals surface area contributed by atoms with Crippen LogP contribution in [0.2, 0.25) is 0 Å². The van der Waals surface area contributed by atoms with Crippen LogP contribution in [0.4, 0.5) is 15.8 Å². The van der Waals surface area contributed by atoms with Crippen molar-refractivity contribution in [3.05, 3.63) is 59.4 Å². The molecule has 2 aromatic rings. The lowest BCUT2D eigenvalue weighted by Gasteiger charge is -2.37. The Bertz CT molecular complexity index is 935. The summed E-state index contributed by atoms with van der Waals surface area (Å²) in [5.41, 5.74) is 8.11. The fourth-order valence-corrected chi connectivity index (χ4v) is 4.22. The number of amides is 2. The minimum atomic E-state index is -0.502. The molecule has 2 N–H and O–H groups in total. The van der Waals surface area contributed by atoms with E-state index < -0.39 is 5.82 Å². The van der Waals surface area contributed by atoms with E-state index in [1.165, 1.54) is 12.1 Å². The number of piperidine rings is 1. The number of hydrogen-bond donors (Lipinski definition) is 1. The number of piperazine rings is 1. The van der Waals surface area contributed by atoms with E-state index in [1.807, 2.05) is 11.0 Å². The number of rotatable bonds is 3. The molecule has 2 aliphatic heterocycles. The van der Waals surface area contributed by atoms with Crippen molar-refractivity contribution in [3.63, 3.8) is 0 Å². The van der Waals surface area contributed by atoms with Crippen molar-refractivity contribution in [1.29, 1.82) is 0 Å². The molecule has 2 fully saturated rings. The van der Waals surface area contributed by atoms with Gasteiger partial charge in [-0.3, -0.25) is 9.59 Å². The zero-order valence-corrected chi connectivity index (χ0v) is 17.0. The number of nitrogens with zero attached hydrogens (tertiary/aromatic N) is 3. The molecular weight excluding hydrogens is 383 g/mol. The van der Waals surface area contributed by atoms with Crippen LogP contribution in [0.3, 0.4) is 0 Å². The third-order valence-corrected chi connectivity index (χ3v) is 5.91. The van der Waals surface area contributed by atoms with Crippen LogP contribution in [0.25, 0.3) is 0 Å². The number of nitrogen functional groups attached to an aromatic ring is 1. The highest BCUT2D eigenvalue weighted by atomic mass is 19.1. The second kappa shape index (κ2) is 8.73. The van der Waals surface area contributed by atoms with Gasteiger partial charge < -0.3 is 20.4 Å². The van der Waals surface area contributed by atoms with Crippen molar-refractivity contribution in [2.24, 2.45) is 0 Å². The van der Waals surface area contributed by atoms with Crippen LogP contribution in [0.5, 0.6) is 0 Å². The van der Waals surface area contributed by atoms with E-state index in [9.17, 15) is 14.0 Å². The van der Waals surface area contributed by atoms with Crippen molar-refractivity contribution in [2.45, 2.75) is 19.3 Å². The van der Waals surface area contributed by atoms with Gasteiger partial charge in [-0.25, -0.2) is 4.39 Å². The second-order valence-corrected chi connectivity index (χ2v) is 7.89. The summed E-state index contributed by atoms with van der Waals surface area (Å²) < 4.78 is 14.0. The van der Waals surface area contributed by atoms with Gasteiger partial charge in [0, 0.05) is 50.6 Å². The maximum absolute atomic E-state index is 14.0. The molecule has 6 nitrogen and oxygen atoms in total. The fourth-order valence-electron chi connectivity index (χ4n) is 4.22. The van der Waals surface area contributed by atoms with E-state index in [4.69, 9.17) is 5.73 Å². The van der Waals surface area contributed by atoms with Crippen molar-refractivity contribution < 1.29 is 14.0 Å². The first-order valence-electron chi connectivity index (χ1n) is 10.5. The smallest absolute Gasteiger partial charge is 0.256 e. The first-order valence-corrected chi connectivity index (χ1v) is 10.5. The van der Waals surface area contributed by atoms with E-state index in [1.54, 1.807) is 29.2 Å². The summed E-state index contributed by atoms with van der Waals surface area (Å²) in [6, 6.07) is 11.5. The normalized spacial score (nSPS) is 17.2. The van der Waals surface area contributed by atoms with E-state index in [0.717, 1.165) is 38.0 Å². The molecule has 2 aromatic carbocycles. The highest BCUT2D eigenvalue weighted by Crippen LogP contribution is 2.27. The summed E-state index contributed by atoms with van der Waals surface area (Å²) >= 11 is 0. The largest absolute Gasteiger partial charge is 0.399 e. The maximum atomic E-state index is 14.0. The van der Waals surface area contributed by atoms with Gasteiger partial charge in [-0.2, -0.15) is 0 Å². The average Bonchev–Trinajstić information content (AvgIpc) is 2.79. The SMILES string of the molecule is Nc1ccc(N2CCN(C(=O)c3ccccc3F)CC2)c(C(=O)N2CCCCC2)c1. The topological polar surface area (TPSA) is 69.9 Å². The molecule has 7 heteroatoms. The lowest BCUT2D eigenvalue weighted by atomic mass is 10.1. The van der Waals surface area contributed by atoms with Crippen LogP contribution < -0.4 is 10.6 Å². The minimum absolute atomic E-state index is 0.0156. The number of likely N-dealkylation sites (tertiary alicyclic amines) is 1. The molecule has 0 aliphatic carbocycles. The summed E-state index contributed by atoms with van der Waals surface area (Å²) in [4.78, 5) is 31.5. The monoisotopic (exact) mass is 410 g/mol. The lowest BCUT2D eigenvalue weighted by Crippen LogP contribution is -2.49. The molecule has 0 aromatic heterocycles. The van der Waals surface area contributed by atoms with Gasteiger partial charge >= 0.3 is 0 Å². The number of nitrogens with two attached hydrogens (primary N) is 1. The lowest BCUT2D eigenvalue weighted by molar-refractivity contribution is 0.0717. The van der Waals surface area contributed by atoms with Gasteiger partial charge in [0.05, 0.1) is 11.1 Å². The van der Waals surface area contributed by atoms with Gasteiger partial charge in [-0.15, -0.1) is 0 Å². The van der Waals surface area contributed by atoms with Crippen LogP contribution in [-0.2, 0) is 0 Å². The summed E-state index contributed by atoms with van der Waals surface area (Å²) in [5.74, 6) is -0.783. The molecule has 4 rings (SSSR count). The summed E-state index contributed by atoms with van der Waals surface area (Å²) in [6.45, 7) is 3.63. The Morgan fingerprint density at radius 3 is 2.10 bits per heavy atom. The number of carbonyl (C=O) groups is 2. The number of halogens is 1. The Balaban J connectivity index is 1.49. The van der Waals surface area contributed by atoms with E-state index in [0.29, 0.717) is 37.4 Å². The van der Waals surface area contributed by atoms with Crippen LogP contribution in [-0.4, -0.2) is 60.9 Å². The van der Waals surface area contributed by atoms with Crippen LogP contribution in [0.15, 0.2) is 42.5 Å². The number of anilines is 2. The molecule has 0 unspecified atom stereocenters. The molecule has 0 atom stereocenters. The van der Waals surface area contributed by atoms with Gasteiger partial charge in [0.15, 0.2) is 0 Å².